The fraction of sp³-hybridized carbons (Fsp3) is 0.179. The molecule has 1 aromatic heterocycles. The molecule has 0 saturated heterocycles. The Morgan fingerprint density at radius 1 is 0.943 bits per heavy atom. The summed E-state index contributed by atoms with van der Waals surface area (Å²) in [6.45, 7) is 2.41. The Kier molecular flexibility index (Phi) is 8.14. The summed E-state index contributed by atoms with van der Waals surface area (Å²) in [5, 5.41) is 6.20. The molecule has 0 spiro atoms. The molecule has 1 amide bonds. The van der Waals surface area contributed by atoms with Crippen LogP contribution in [0.25, 0.3) is 11.4 Å². The van der Waals surface area contributed by atoms with E-state index in [0.29, 0.717) is 23.8 Å². The number of carbonyl (C=O) groups excluding carboxylic acids is 1. The summed E-state index contributed by atoms with van der Waals surface area (Å²) in [7, 11) is 2.08. The molecule has 2 N–H and O–H groups in total. The molecule has 1 heterocycles. The van der Waals surface area contributed by atoms with Crippen molar-refractivity contribution in [2.45, 2.75) is 13.0 Å². The predicted octanol–water partition coefficient (Wildman–Crippen LogP) is 5.28. The van der Waals surface area contributed by atoms with Crippen molar-refractivity contribution in [3.63, 3.8) is 0 Å². The van der Waals surface area contributed by atoms with Crippen LogP contribution in [0.1, 0.15) is 22.3 Å². The van der Waals surface area contributed by atoms with Crippen LogP contribution in [0.15, 0.2) is 91.1 Å². The van der Waals surface area contributed by atoms with Gasteiger partial charge >= 0.3 is 0 Å². The predicted molar refractivity (Wildman–Crippen MR) is 137 cm³/mol. The van der Waals surface area contributed by atoms with Crippen molar-refractivity contribution in [3.05, 3.63) is 108 Å². The van der Waals surface area contributed by atoms with Gasteiger partial charge in [0.2, 0.25) is 0 Å². The van der Waals surface area contributed by atoms with Crippen LogP contribution in [0.2, 0.25) is 0 Å². The van der Waals surface area contributed by atoms with Crippen molar-refractivity contribution >= 4 is 17.4 Å². The van der Waals surface area contributed by atoms with Crippen LogP contribution in [0.5, 0.6) is 0 Å². The van der Waals surface area contributed by atoms with Crippen molar-refractivity contribution in [3.8, 4) is 11.4 Å². The molecule has 6 nitrogen and oxygen atoms in total. The zero-order chi connectivity index (χ0) is 24.5. The third-order valence-corrected chi connectivity index (χ3v) is 5.47. The number of rotatable bonds is 10. The lowest BCUT2D eigenvalue weighted by atomic mass is 10.2. The van der Waals surface area contributed by atoms with E-state index in [4.69, 9.17) is 0 Å². The average molecular weight is 470 g/mol. The summed E-state index contributed by atoms with van der Waals surface area (Å²) >= 11 is 0. The Bertz CT molecular complexity index is 1230. The lowest BCUT2D eigenvalue weighted by Crippen LogP contribution is -2.28. The molecule has 0 unspecified atom stereocenters. The van der Waals surface area contributed by atoms with Crippen LogP contribution in [-0.2, 0) is 6.54 Å². The summed E-state index contributed by atoms with van der Waals surface area (Å²) in [5.74, 6) is 0.710. The summed E-state index contributed by atoms with van der Waals surface area (Å²) in [4.78, 5) is 23.5. The van der Waals surface area contributed by atoms with Gasteiger partial charge in [-0.2, -0.15) is 0 Å². The molecule has 178 valence electrons. The van der Waals surface area contributed by atoms with Crippen LogP contribution in [0.4, 0.5) is 15.9 Å². The fourth-order valence-corrected chi connectivity index (χ4v) is 3.65. The van der Waals surface area contributed by atoms with Crippen LogP contribution in [0, 0.1) is 5.82 Å². The maximum atomic E-state index is 13.2. The number of hydrogen-bond acceptors (Lipinski definition) is 5. The first-order valence-electron chi connectivity index (χ1n) is 11.5. The van der Waals surface area contributed by atoms with Crippen LogP contribution >= 0.6 is 0 Å². The second-order valence-electron chi connectivity index (χ2n) is 8.31. The normalized spacial score (nSPS) is 10.8. The minimum absolute atomic E-state index is 0.0945. The smallest absolute Gasteiger partial charge is 0.251 e. The van der Waals surface area contributed by atoms with Crippen molar-refractivity contribution in [2.24, 2.45) is 0 Å². The summed E-state index contributed by atoms with van der Waals surface area (Å²) in [6, 6.07) is 25.4. The minimum atomic E-state index is -0.303. The number of amides is 1. The largest absolute Gasteiger partial charge is 0.352 e. The highest BCUT2D eigenvalue weighted by Gasteiger charge is 2.07. The van der Waals surface area contributed by atoms with Gasteiger partial charge in [0, 0.05) is 36.1 Å². The zero-order valence-electron chi connectivity index (χ0n) is 19.6. The average Bonchev–Trinajstić information content (AvgIpc) is 2.88. The number of carbonyl (C=O) groups is 1. The molecule has 0 radical (unpaired) electrons. The number of nitrogens with one attached hydrogen (secondary N) is 2. The number of nitrogens with zero attached hydrogens (tertiary/aromatic N) is 3. The molecule has 3 aromatic carbocycles. The quantitative estimate of drug-likeness (QED) is 0.309. The molecular weight excluding hydrogens is 441 g/mol. The van der Waals surface area contributed by atoms with E-state index in [1.165, 1.54) is 17.7 Å². The van der Waals surface area contributed by atoms with Gasteiger partial charge in [0.1, 0.15) is 11.6 Å². The van der Waals surface area contributed by atoms with Crippen molar-refractivity contribution in [1.82, 2.24) is 20.2 Å². The lowest BCUT2D eigenvalue weighted by Gasteiger charge is -2.16. The Hall–Kier alpha value is -4.10. The van der Waals surface area contributed by atoms with Gasteiger partial charge in [-0.15, -0.1) is 0 Å². The van der Waals surface area contributed by atoms with Gasteiger partial charge in [0.15, 0.2) is 5.82 Å². The van der Waals surface area contributed by atoms with Crippen molar-refractivity contribution < 1.29 is 9.18 Å². The van der Waals surface area contributed by atoms with E-state index in [-0.39, 0.29) is 11.7 Å². The van der Waals surface area contributed by atoms with Gasteiger partial charge in [-0.25, -0.2) is 14.4 Å². The molecule has 4 aromatic rings. The Labute approximate surface area is 204 Å². The molecule has 0 aliphatic rings. The molecule has 0 fully saturated rings. The number of halogens is 1. The third-order valence-electron chi connectivity index (χ3n) is 5.47. The second-order valence-corrected chi connectivity index (χ2v) is 8.31. The molecule has 0 aliphatic carbocycles. The Balaban J connectivity index is 1.24. The first-order valence-corrected chi connectivity index (χ1v) is 11.5. The standard InChI is InChI=1S/C28H28FN5O/c1-34(20-21-6-3-2-4-7-21)19-5-17-31-28(35)23-10-14-25(15-11-23)32-26-16-18-30-27(33-26)22-8-12-24(29)13-9-22/h2-4,6-16,18H,5,17,19-20H2,1H3,(H,31,35)(H,30,32,33). The maximum absolute atomic E-state index is 13.2. The maximum Gasteiger partial charge on any atom is 0.251 e. The van der Waals surface area contributed by atoms with Crippen LogP contribution in [0.3, 0.4) is 0 Å². The molecule has 0 bridgehead atoms. The van der Waals surface area contributed by atoms with E-state index in [1.807, 2.05) is 30.3 Å². The van der Waals surface area contributed by atoms with E-state index < -0.39 is 0 Å². The number of aromatic nitrogens is 2. The SMILES string of the molecule is CN(CCCNC(=O)c1ccc(Nc2ccnc(-c3ccc(F)cc3)n2)cc1)Cc1ccccc1. The Morgan fingerprint density at radius 2 is 1.69 bits per heavy atom. The lowest BCUT2D eigenvalue weighted by molar-refractivity contribution is 0.0952. The van der Waals surface area contributed by atoms with Gasteiger partial charge in [-0.3, -0.25) is 4.79 Å². The highest BCUT2D eigenvalue weighted by Crippen LogP contribution is 2.20. The van der Waals surface area contributed by atoms with E-state index >= 15 is 0 Å². The van der Waals surface area contributed by atoms with Gasteiger partial charge < -0.3 is 15.5 Å². The summed E-state index contributed by atoms with van der Waals surface area (Å²) in [6.07, 6.45) is 2.52. The van der Waals surface area contributed by atoms with Gasteiger partial charge in [0.05, 0.1) is 0 Å². The molecule has 0 atom stereocenters. The van der Waals surface area contributed by atoms with Crippen LogP contribution < -0.4 is 10.6 Å². The van der Waals surface area contributed by atoms with E-state index in [2.05, 4.69) is 44.7 Å². The number of benzene rings is 3. The molecule has 7 heteroatoms. The molecular formula is C28H28FN5O. The second kappa shape index (κ2) is 11.9. The van der Waals surface area contributed by atoms with Crippen molar-refractivity contribution in [1.29, 1.82) is 0 Å². The van der Waals surface area contributed by atoms with E-state index in [0.717, 1.165) is 30.8 Å². The highest BCUT2D eigenvalue weighted by atomic mass is 19.1. The third kappa shape index (κ3) is 7.19. The fourth-order valence-electron chi connectivity index (χ4n) is 3.65. The first-order chi connectivity index (χ1) is 17.1. The van der Waals surface area contributed by atoms with Gasteiger partial charge in [-0.1, -0.05) is 30.3 Å². The summed E-state index contributed by atoms with van der Waals surface area (Å²) < 4.78 is 13.2. The van der Waals surface area contributed by atoms with Gasteiger partial charge in [0.25, 0.3) is 5.91 Å². The monoisotopic (exact) mass is 469 g/mol. The highest BCUT2D eigenvalue weighted by molar-refractivity contribution is 5.94. The van der Waals surface area contributed by atoms with Gasteiger partial charge in [-0.05, 0) is 80.2 Å². The number of hydrogen-bond donors (Lipinski definition) is 2. The Morgan fingerprint density at radius 3 is 2.43 bits per heavy atom. The first kappa shape index (κ1) is 24.0. The topological polar surface area (TPSA) is 70.2 Å². The molecule has 0 saturated carbocycles. The summed E-state index contributed by atoms with van der Waals surface area (Å²) in [5.41, 5.74) is 3.41. The van der Waals surface area contributed by atoms with E-state index in [1.54, 1.807) is 36.5 Å². The minimum Gasteiger partial charge on any atom is -0.352 e. The van der Waals surface area contributed by atoms with Crippen LogP contribution in [-0.4, -0.2) is 40.9 Å². The molecule has 4 rings (SSSR count). The molecule has 35 heavy (non-hydrogen) atoms. The zero-order valence-corrected chi connectivity index (χ0v) is 19.6. The number of anilines is 2. The van der Waals surface area contributed by atoms with E-state index in [9.17, 15) is 9.18 Å². The molecule has 0 aliphatic heterocycles. The van der Waals surface area contributed by atoms with Crippen molar-refractivity contribution in [2.75, 3.05) is 25.5 Å².